The number of terminal acetylenes is 1. The molecule has 3 saturated heterocycles. The van der Waals surface area contributed by atoms with E-state index in [1.165, 1.54) is 6.42 Å². The Kier molecular flexibility index (Phi) is 5.15. The molecule has 7 nitrogen and oxygen atoms in total. The predicted octanol–water partition coefficient (Wildman–Crippen LogP) is 2.77. The highest BCUT2D eigenvalue weighted by molar-refractivity contribution is 5.85. The summed E-state index contributed by atoms with van der Waals surface area (Å²) in [6.07, 6.45) is 12.3. The first kappa shape index (κ1) is 21.2. The molecule has 168 valence electrons. The van der Waals surface area contributed by atoms with Crippen LogP contribution >= 0.6 is 0 Å². The zero-order valence-corrected chi connectivity index (χ0v) is 19.1. The van der Waals surface area contributed by atoms with E-state index in [2.05, 4.69) is 44.9 Å². The molecule has 0 aliphatic carbocycles. The Morgan fingerprint density at radius 1 is 1.24 bits per heavy atom. The highest BCUT2D eigenvalue weighted by atomic mass is 16.5. The molecule has 0 saturated carbocycles. The van der Waals surface area contributed by atoms with Gasteiger partial charge in [0.15, 0.2) is 0 Å². The summed E-state index contributed by atoms with van der Waals surface area (Å²) in [6, 6.07) is 10.2. The number of aliphatic hydroxyl groups is 1. The number of nitrogens with zero attached hydrogens (tertiary/aromatic N) is 5. The van der Waals surface area contributed by atoms with Gasteiger partial charge in [-0.25, -0.2) is 9.50 Å². The molecule has 3 fully saturated rings. The second kappa shape index (κ2) is 8.03. The first-order valence-electron chi connectivity index (χ1n) is 11.1. The molecular weight excluding hydrogens is 414 g/mol. The summed E-state index contributed by atoms with van der Waals surface area (Å²) < 4.78 is 7.56. The average molecular weight is 442 g/mol. The summed E-state index contributed by atoms with van der Waals surface area (Å²) in [7, 11) is 0. The molecule has 3 aliphatic rings. The van der Waals surface area contributed by atoms with Crippen LogP contribution in [0.25, 0.3) is 16.6 Å². The Morgan fingerprint density at radius 3 is 2.67 bits per heavy atom. The Balaban J connectivity index is 1.44. The van der Waals surface area contributed by atoms with Crippen LogP contribution in [-0.4, -0.2) is 62.0 Å². The largest absolute Gasteiger partial charge is 0.489 e. The maximum Gasteiger partial charge on any atom is 0.138 e. The zero-order valence-electron chi connectivity index (χ0n) is 19.1. The molecule has 33 heavy (non-hydrogen) atoms. The molecule has 2 bridgehead atoms. The molecule has 3 aliphatic heterocycles. The molecule has 0 aromatic carbocycles. The number of hydrogen-bond acceptors (Lipinski definition) is 6. The summed E-state index contributed by atoms with van der Waals surface area (Å²) >= 11 is 0. The third kappa shape index (κ3) is 3.97. The van der Waals surface area contributed by atoms with Crippen molar-refractivity contribution in [2.45, 2.75) is 44.9 Å². The molecule has 2 unspecified atom stereocenters. The fraction of sp³-hybridized carbons (Fsp3) is 0.385. The molecule has 3 aromatic heterocycles. The monoisotopic (exact) mass is 441 g/mol. The maximum absolute atomic E-state index is 10.0. The van der Waals surface area contributed by atoms with Crippen molar-refractivity contribution < 1.29 is 9.84 Å². The predicted molar refractivity (Wildman–Crippen MR) is 128 cm³/mol. The van der Waals surface area contributed by atoms with Crippen molar-refractivity contribution in [3.63, 3.8) is 0 Å². The quantitative estimate of drug-likeness (QED) is 0.615. The van der Waals surface area contributed by atoms with Gasteiger partial charge >= 0.3 is 0 Å². The minimum Gasteiger partial charge on any atom is -0.489 e. The number of anilines is 1. The first-order chi connectivity index (χ1) is 15.9. The smallest absolute Gasteiger partial charge is 0.138 e. The normalized spacial score (nSPS) is 19.5. The number of pyridine rings is 2. The van der Waals surface area contributed by atoms with Gasteiger partial charge in [0.2, 0.25) is 0 Å². The Hall–Kier alpha value is -3.68. The van der Waals surface area contributed by atoms with Crippen LogP contribution in [-0.2, 0) is 0 Å². The Bertz CT molecular complexity index is 1270. The fourth-order valence-corrected chi connectivity index (χ4v) is 4.60. The SMILES string of the molecule is C#Cc1cnn2cc(OCC(C)(C)O)cc(-c3ccc(N4CC5CC(C4)N5C#CC)nc3)c12. The molecule has 0 radical (unpaired) electrons. The molecule has 3 aromatic rings. The van der Waals surface area contributed by atoms with E-state index in [0.29, 0.717) is 23.4 Å². The Morgan fingerprint density at radius 2 is 2.03 bits per heavy atom. The lowest BCUT2D eigenvalue weighted by Crippen LogP contribution is -2.67. The van der Waals surface area contributed by atoms with Crippen LogP contribution in [0.15, 0.2) is 36.8 Å². The molecular formula is C26H27N5O2. The van der Waals surface area contributed by atoms with Gasteiger partial charge < -0.3 is 19.6 Å². The van der Waals surface area contributed by atoms with Gasteiger partial charge in [-0.1, -0.05) is 11.8 Å². The number of piperazine rings is 1. The summed E-state index contributed by atoms with van der Waals surface area (Å²) in [5.41, 5.74) is 2.40. The fourth-order valence-electron chi connectivity index (χ4n) is 4.60. The van der Waals surface area contributed by atoms with Gasteiger partial charge in [0.05, 0.1) is 41.2 Å². The lowest BCUT2D eigenvalue weighted by Gasteiger charge is -2.55. The van der Waals surface area contributed by atoms with E-state index in [9.17, 15) is 5.11 Å². The highest BCUT2D eigenvalue weighted by Crippen LogP contribution is 2.35. The molecule has 2 atom stereocenters. The lowest BCUT2D eigenvalue weighted by molar-refractivity contribution is 0.0283. The van der Waals surface area contributed by atoms with Crippen LogP contribution in [0, 0.1) is 24.3 Å². The minimum absolute atomic E-state index is 0.162. The molecule has 0 amide bonds. The van der Waals surface area contributed by atoms with Crippen molar-refractivity contribution in [2.75, 3.05) is 24.6 Å². The molecule has 6 heterocycles. The van der Waals surface area contributed by atoms with E-state index in [-0.39, 0.29) is 6.61 Å². The van der Waals surface area contributed by atoms with Crippen LogP contribution < -0.4 is 9.64 Å². The summed E-state index contributed by atoms with van der Waals surface area (Å²) in [4.78, 5) is 9.39. The van der Waals surface area contributed by atoms with Crippen LogP contribution in [0.2, 0.25) is 0 Å². The van der Waals surface area contributed by atoms with Gasteiger partial charge in [0, 0.05) is 36.5 Å². The van der Waals surface area contributed by atoms with Gasteiger partial charge in [-0.2, -0.15) is 5.10 Å². The standard InChI is InChI=1S/C26H27N5O2/c1-5-9-30-20-10-21(30)15-29(14-20)24-8-7-19(12-27-24)23-11-22(33-17-26(3,4)32)16-31-25(23)18(6-2)13-28-31/h2,7-8,11-13,16,20-21,32H,10,14-15,17H2,1,3-4H3. The van der Waals surface area contributed by atoms with Crippen molar-refractivity contribution in [2.24, 2.45) is 0 Å². The summed E-state index contributed by atoms with van der Waals surface area (Å²) in [6.45, 7) is 7.34. The topological polar surface area (TPSA) is 66.1 Å². The minimum atomic E-state index is -0.945. The van der Waals surface area contributed by atoms with Gasteiger partial charge in [-0.15, -0.1) is 6.42 Å². The third-order valence-corrected chi connectivity index (χ3v) is 6.15. The van der Waals surface area contributed by atoms with Crippen molar-refractivity contribution >= 4 is 11.3 Å². The average Bonchev–Trinajstić information content (AvgIpc) is 3.23. The number of ether oxygens (including phenoxy) is 1. The number of piperidine rings is 1. The number of hydrogen-bond donors (Lipinski definition) is 1. The van der Waals surface area contributed by atoms with E-state index in [0.717, 1.165) is 35.6 Å². The van der Waals surface area contributed by atoms with Crippen LogP contribution in [0.4, 0.5) is 5.82 Å². The van der Waals surface area contributed by atoms with Crippen molar-refractivity contribution in [1.82, 2.24) is 19.5 Å². The summed E-state index contributed by atoms with van der Waals surface area (Å²) in [5.74, 6) is 7.30. The Labute approximate surface area is 194 Å². The van der Waals surface area contributed by atoms with Crippen LogP contribution in [0.1, 0.15) is 32.8 Å². The lowest BCUT2D eigenvalue weighted by atomic mass is 9.88. The maximum atomic E-state index is 10.0. The van der Waals surface area contributed by atoms with Gasteiger partial charge in [-0.3, -0.25) is 0 Å². The van der Waals surface area contributed by atoms with Gasteiger partial charge in [-0.05, 0) is 45.4 Å². The second-order valence-corrected chi connectivity index (χ2v) is 9.31. The van der Waals surface area contributed by atoms with Gasteiger partial charge in [0.25, 0.3) is 0 Å². The molecule has 1 N–H and O–H groups in total. The zero-order chi connectivity index (χ0) is 23.2. The van der Waals surface area contributed by atoms with Crippen molar-refractivity contribution in [3.05, 3.63) is 42.4 Å². The van der Waals surface area contributed by atoms with Crippen molar-refractivity contribution in [3.8, 4) is 41.2 Å². The first-order valence-corrected chi connectivity index (χ1v) is 11.1. The third-order valence-electron chi connectivity index (χ3n) is 6.15. The van der Waals surface area contributed by atoms with E-state index in [4.69, 9.17) is 16.1 Å². The molecule has 0 spiro atoms. The second-order valence-electron chi connectivity index (χ2n) is 9.31. The van der Waals surface area contributed by atoms with Crippen molar-refractivity contribution in [1.29, 1.82) is 0 Å². The van der Waals surface area contributed by atoms with E-state index in [1.54, 1.807) is 30.8 Å². The van der Waals surface area contributed by atoms with E-state index >= 15 is 0 Å². The van der Waals surface area contributed by atoms with Crippen LogP contribution in [0.3, 0.4) is 0 Å². The number of aromatic nitrogens is 3. The highest BCUT2D eigenvalue weighted by Gasteiger charge is 2.43. The van der Waals surface area contributed by atoms with E-state index < -0.39 is 5.60 Å². The molecule has 6 rings (SSSR count). The van der Waals surface area contributed by atoms with Crippen LogP contribution in [0.5, 0.6) is 5.75 Å². The number of rotatable bonds is 5. The molecule has 7 heteroatoms. The summed E-state index contributed by atoms with van der Waals surface area (Å²) in [5, 5.41) is 14.4. The van der Waals surface area contributed by atoms with E-state index in [1.807, 2.05) is 19.2 Å². The number of fused-ring (bicyclic) bond motifs is 3. The van der Waals surface area contributed by atoms with Gasteiger partial charge in [0.1, 0.15) is 18.2 Å².